The summed E-state index contributed by atoms with van der Waals surface area (Å²) in [6.45, 7) is 7.13. The van der Waals surface area contributed by atoms with Crippen molar-refractivity contribution in [1.82, 2.24) is 14.8 Å². The van der Waals surface area contributed by atoms with Crippen molar-refractivity contribution >= 4 is 34.4 Å². The minimum atomic E-state index is 0.0766. The van der Waals surface area contributed by atoms with Crippen LogP contribution in [0.1, 0.15) is 74.6 Å². The number of piperazine rings is 1. The normalized spacial score (nSPS) is 18.4. The summed E-state index contributed by atoms with van der Waals surface area (Å²) in [4.78, 5) is 29.3. The van der Waals surface area contributed by atoms with Gasteiger partial charge in [0.05, 0.1) is 31.0 Å². The highest BCUT2D eigenvalue weighted by atomic mass is 16.5. The first-order valence-corrected chi connectivity index (χ1v) is 16.7. The molecule has 0 unspecified atom stereocenters. The van der Waals surface area contributed by atoms with Crippen LogP contribution in [-0.4, -0.2) is 85.9 Å². The van der Waals surface area contributed by atoms with Gasteiger partial charge in [-0.2, -0.15) is 0 Å². The molecular weight excluding hydrogens is 550 g/mol. The number of carbonyl (C=O) groups excluding carboxylic acids is 1. The molecular formula is C36H47N5O3. The number of methoxy groups -OCH3 is 1. The fraction of sp³-hybridized carbons (Fsp3) is 0.528. The number of benzene rings is 2. The quantitative estimate of drug-likeness (QED) is 0.189. The summed E-state index contributed by atoms with van der Waals surface area (Å²) in [6.07, 6.45) is 15.9. The summed E-state index contributed by atoms with van der Waals surface area (Å²) in [6, 6.07) is 14.3. The molecule has 0 saturated carbocycles. The molecule has 0 N–H and O–H groups in total. The van der Waals surface area contributed by atoms with Crippen LogP contribution in [0, 0.1) is 0 Å². The number of unbranched alkanes of at least 4 members (excludes halogenated alkanes) is 7. The van der Waals surface area contributed by atoms with E-state index in [2.05, 4.69) is 26.9 Å². The number of aromatic nitrogens is 1. The third-order valence-corrected chi connectivity index (χ3v) is 9.39. The molecule has 4 heterocycles. The van der Waals surface area contributed by atoms with E-state index in [1.807, 2.05) is 47.6 Å². The van der Waals surface area contributed by atoms with E-state index in [9.17, 15) is 4.79 Å². The largest absolute Gasteiger partial charge is 0.493 e. The summed E-state index contributed by atoms with van der Waals surface area (Å²) in [5.41, 5.74) is 1.41. The highest BCUT2D eigenvalue weighted by Crippen LogP contribution is 2.37. The molecule has 1 amide bonds. The van der Waals surface area contributed by atoms with E-state index < -0.39 is 0 Å². The SMILES string of the molecule is COc1cc2cc3c(cc2cc1OCCCCCCCCCCN1CCN(c2ccccn2)CC1)N=C[C@@H]1CCCN1C3=O. The molecule has 8 nitrogen and oxygen atoms in total. The Kier molecular flexibility index (Phi) is 10.3. The summed E-state index contributed by atoms with van der Waals surface area (Å²) < 4.78 is 11.9. The van der Waals surface area contributed by atoms with E-state index in [1.54, 1.807) is 7.11 Å². The number of carbonyl (C=O) groups is 1. The first kappa shape index (κ1) is 30.4. The fourth-order valence-electron chi connectivity index (χ4n) is 6.79. The molecule has 8 heteroatoms. The van der Waals surface area contributed by atoms with Gasteiger partial charge >= 0.3 is 0 Å². The molecule has 44 heavy (non-hydrogen) atoms. The van der Waals surface area contributed by atoms with Crippen molar-refractivity contribution in [2.24, 2.45) is 4.99 Å². The monoisotopic (exact) mass is 597 g/mol. The second kappa shape index (κ2) is 14.9. The lowest BCUT2D eigenvalue weighted by molar-refractivity contribution is 0.0775. The van der Waals surface area contributed by atoms with Gasteiger partial charge in [0, 0.05) is 45.1 Å². The van der Waals surface area contributed by atoms with Gasteiger partial charge in [-0.05, 0) is 79.4 Å². The molecule has 0 radical (unpaired) electrons. The Balaban J connectivity index is 0.865. The second-order valence-corrected chi connectivity index (χ2v) is 12.4. The lowest BCUT2D eigenvalue weighted by atomic mass is 10.0. The number of aliphatic imine (C=N–C) groups is 1. The fourth-order valence-corrected chi connectivity index (χ4v) is 6.79. The van der Waals surface area contributed by atoms with Crippen molar-refractivity contribution in [3.05, 3.63) is 54.2 Å². The lowest BCUT2D eigenvalue weighted by Gasteiger charge is -2.35. The van der Waals surface area contributed by atoms with Gasteiger partial charge in [-0.1, -0.05) is 44.6 Å². The number of ether oxygens (including phenoxy) is 2. The number of amides is 1. The lowest BCUT2D eigenvalue weighted by Crippen LogP contribution is -2.46. The van der Waals surface area contributed by atoms with Crippen molar-refractivity contribution in [3.8, 4) is 11.5 Å². The van der Waals surface area contributed by atoms with Crippen LogP contribution >= 0.6 is 0 Å². The number of anilines is 1. The maximum Gasteiger partial charge on any atom is 0.256 e. The molecule has 3 aliphatic rings. The molecule has 2 saturated heterocycles. The number of pyridine rings is 1. The van der Waals surface area contributed by atoms with Gasteiger partial charge in [-0.3, -0.25) is 14.7 Å². The zero-order valence-electron chi connectivity index (χ0n) is 26.3. The van der Waals surface area contributed by atoms with Crippen LogP contribution in [0.2, 0.25) is 0 Å². The van der Waals surface area contributed by atoms with Crippen molar-refractivity contribution < 1.29 is 14.3 Å². The molecule has 1 atom stereocenters. The summed E-state index contributed by atoms with van der Waals surface area (Å²) in [5.74, 6) is 2.64. The molecule has 234 valence electrons. The summed E-state index contributed by atoms with van der Waals surface area (Å²) >= 11 is 0. The number of fused-ring (bicyclic) bond motifs is 3. The van der Waals surface area contributed by atoms with Crippen LogP contribution in [-0.2, 0) is 0 Å². The number of hydrogen-bond acceptors (Lipinski definition) is 7. The average Bonchev–Trinajstić information content (AvgIpc) is 3.50. The van der Waals surface area contributed by atoms with Gasteiger partial charge in [0.1, 0.15) is 5.82 Å². The van der Waals surface area contributed by atoms with Crippen molar-refractivity contribution in [2.45, 2.75) is 70.3 Å². The third-order valence-electron chi connectivity index (χ3n) is 9.39. The zero-order valence-corrected chi connectivity index (χ0v) is 26.3. The first-order chi connectivity index (χ1) is 21.7. The van der Waals surface area contributed by atoms with E-state index in [0.29, 0.717) is 17.9 Å². The van der Waals surface area contributed by atoms with Gasteiger partial charge in [0.2, 0.25) is 0 Å². The van der Waals surface area contributed by atoms with Crippen molar-refractivity contribution in [3.63, 3.8) is 0 Å². The Morgan fingerprint density at radius 1 is 0.841 bits per heavy atom. The molecule has 2 fully saturated rings. The Labute approximate surface area is 262 Å². The van der Waals surface area contributed by atoms with Crippen molar-refractivity contribution in [2.75, 3.05) is 57.9 Å². The van der Waals surface area contributed by atoms with E-state index in [1.165, 1.54) is 51.5 Å². The molecule has 3 aromatic rings. The van der Waals surface area contributed by atoms with E-state index in [4.69, 9.17) is 14.5 Å². The van der Waals surface area contributed by atoms with Gasteiger partial charge in [0.25, 0.3) is 5.91 Å². The van der Waals surface area contributed by atoms with Gasteiger partial charge in [-0.25, -0.2) is 4.98 Å². The maximum atomic E-state index is 13.2. The molecule has 0 spiro atoms. The first-order valence-electron chi connectivity index (χ1n) is 16.7. The Morgan fingerprint density at radius 2 is 1.59 bits per heavy atom. The Bertz CT molecular complexity index is 1420. The van der Waals surface area contributed by atoms with E-state index in [-0.39, 0.29) is 11.9 Å². The summed E-state index contributed by atoms with van der Waals surface area (Å²) in [5, 5.41) is 1.98. The highest BCUT2D eigenvalue weighted by molar-refractivity contribution is 6.07. The van der Waals surface area contributed by atoms with E-state index in [0.717, 1.165) is 80.0 Å². The van der Waals surface area contributed by atoms with Crippen LogP contribution < -0.4 is 14.4 Å². The third kappa shape index (κ3) is 7.34. The molecule has 6 rings (SSSR count). The van der Waals surface area contributed by atoms with Crippen LogP contribution in [0.3, 0.4) is 0 Å². The molecule has 2 aromatic carbocycles. The van der Waals surface area contributed by atoms with Crippen LogP contribution in [0.15, 0.2) is 53.7 Å². The minimum Gasteiger partial charge on any atom is -0.493 e. The average molecular weight is 598 g/mol. The topological polar surface area (TPSA) is 70.5 Å². The van der Waals surface area contributed by atoms with Crippen molar-refractivity contribution in [1.29, 1.82) is 0 Å². The molecule has 0 aliphatic carbocycles. The molecule has 0 bridgehead atoms. The van der Waals surface area contributed by atoms with Gasteiger partial charge in [0.15, 0.2) is 11.5 Å². The smallest absolute Gasteiger partial charge is 0.256 e. The van der Waals surface area contributed by atoms with Crippen LogP contribution in [0.5, 0.6) is 11.5 Å². The van der Waals surface area contributed by atoms with Crippen LogP contribution in [0.4, 0.5) is 11.5 Å². The van der Waals surface area contributed by atoms with E-state index >= 15 is 0 Å². The second-order valence-electron chi connectivity index (χ2n) is 12.4. The Hall–Kier alpha value is -3.65. The number of rotatable bonds is 14. The predicted molar refractivity (Wildman–Crippen MR) is 178 cm³/mol. The van der Waals surface area contributed by atoms with Crippen LogP contribution in [0.25, 0.3) is 10.8 Å². The van der Waals surface area contributed by atoms with Gasteiger partial charge < -0.3 is 19.3 Å². The maximum absolute atomic E-state index is 13.2. The van der Waals surface area contributed by atoms with Gasteiger partial charge in [-0.15, -0.1) is 0 Å². The Morgan fingerprint density at radius 3 is 2.36 bits per heavy atom. The number of nitrogens with zero attached hydrogens (tertiary/aromatic N) is 5. The molecule has 1 aromatic heterocycles. The molecule has 3 aliphatic heterocycles. The minimum absolute atomic E-state index is 0.0766. The summed E-state index contributed by atoms with van der Waals surface area (Å²) in [7, 11) is 1.67. The standard InChI is InChI=1S/C36H47N5O3/c1-43-33-25-28-23-31-32(38-27-30-13-12-17-41(30)36(31)42)24-29(28)26-34(33)44-22-11-7-5-3-2-4-6-10-16-39-18-20-40(21-19-39)35-14-8-9-15-37-35/h8-9,14-15,23-27,30H,2-7,10-13,16-22H2,1H3/t30-/m0/s1. The highest BCUT2D eigenvalue weighted by Gasteiger charge is 2.32. The number of hydrogen-bond donors (Lipinski definition) is 0. The zero-order chi connectivity index (χ0) is 30.1. The predicted octanol–water partition coefficient (Wildman–Crippen LogP) is 6.89.